The van der Waals surface area contributed by atoms with E-state index < -0.39 is 0 Å². The first-order chi connectivity index (χ1) is 11.5. The molecular weight excluding hydrogens is 298 g/mol. The smallest absolute Gasteiger partial charge is 0.259 e. The largest absolute Gasteiger partial charge is 0.305 e. The molecule has 0 bridgehead atoms. The summed E-state index contributed by atoms with van der Waals surface area (Å²) in [7, 11) is 0. The van der Waals surface area contributed by atoms with E-state index in [2.05, 4.69) is 41.6 Å². The topological polar surface area (TPSA) is 39.3 Å². The average molecular weight is 317 g/mol. The molecule has 24 heavy (non-hydrogen) atoms. The fraction of sp³-hybridized carbons (Fsp3) is 0.200. The zero-order valence-electron chi connectivity index (χ0n) is 14.1. The van der Waals surface area contributed by atoms with Crippen molar-refractivity contribution in [2.24, 2.45) is 0 Å². The molecule has 0 aliphatic heterocycles. The highest BCUT2D eigenvalue weighted by atomic mass is 16.1. The number of fused-ring (bicyclic) bond motifs is 3. The molecule has 4 heteroatoms. The summed E-state index contributed by atoms with van der Waals surface area (Å²) in [6.45, 7) is 6.77. The van der Waals surface area contributed by atoms with E-state index in [1.807, 2.05) is 31.2 Å². The van der Waals surface area contributed by atoms with E-state index >= 15 is 0 Å². The fourth-order valence-corrected chi connectivity index (χ4v) is 3.28. The first kappa shape index (κ1) is 14.7. The quantitative estimate of drug-likeness (QED) is 0.566. The second kappa shape index (κ2) is 5.34. The predicted octanol–water partition coefficient (Wildman–Crippen LogP) is 3.62. The third kappa shape index (κ3) is 2.22. The first-order valence-corrected chi connectivity index (χ1v) is 8.08. The van der Waals surface area contributed by atoms with Gasteiger partial charge in [0, 0.05) is 11.8 Å². The van der Waals surface area contributed by atoms with Crippen molar-refractivity contribution in [1.82, 2.24) is 14.0 Å². The van der Waals surface area contributed by atoms with Gasteiger partial charge in [-0.15, -0.1) is 0 Å². The molecule has 0 N–H and O–H groups in total. The maximum atomic E-state index is 12.5. The van der Waals surface area contributed by atoms with Crippen molar-refractivity contribution in [3.63, 3.8) is 0 Å². The molecule has 2 aromatic heterocycles. The monoisotopic (exact) mass is 317 g/mol. The highest BCUT2D eigenvalue weighted by Crippen LogP contribution is 2.21. The van der Waals surface area contributed by atoms with Gasteiger partial charge in [0.25, 0.3) is 5.56 Å². The summed E-state index contributed by atoms with van der Waals surface area (Å²) in [6, 6.07) is 16.0. The molecule has 0 aliphatic rings. The minimum Gasteiger partial charge on any atom is -0.305 e. The van der Waals surface area contributed by atoms with Crippen LogP contribution in [0.25, 0.3) is 16.8 Å². The summed E-state index contributed by atoms with van der Waals surface area (Å²) in [5, 5.41) is 0. The molecule has 4 nitrogen and oxygen atoms in total. The molecule has 0 aliphatic carbocycles. The van der Waals surface area contributed by atoms with Crippen LogP contribution in [0.4, 0.5) is 0 Å². The van der Waals surface area contributed by atoms with E-state index in [0.717, 1.165) is 16.7 Å². The molecule has 0 spiro atoms. The van der Waals surface area contributed by atoms with Crippen LogP contribution in [0.2, 0.25) is 0 Å². The Morgan fingerprint density at radius 1 is 0.958 bits per heavy atom. The van der Waals surface area contributed by atoms with Crippen LogP contribution < -0.4 is 5.56 Å². The Labute approximate surface area is 140 Å². The third-order valence-electron chi connectivity index (χ3n) is 4.52. The number of hydrogen-bond acceptors (Lipinski definition) is 2. The van der Waals surface area contributed by atoms with Gasteiger partial charge in [-0.3, -0.25) is 4.79 Å². The van der Waals surface area contributed by atoms with Crippen molar-refractivity contribution in [3.05, 3.63) is 81.3 Å². The number of benzene rings is 2. The van der Waals surface area contributed by atoms with Gasteiger partial charge in [0.15, 0.2) is 0 Å². The Bertz CT molecular complexity index is 1130. The van der Waals surface area contributed by atoms with Crippen molar-refractivity contribution < 1.29 is 0 Å². The number of imidazole rings is 1. The Morgan fingerprint density at radius 3 is 2.50 bits per heavy atom. The van der Waals surface area contributed by atoms with Crippen molar-refractivity contribution >= 4 is 16.8 Å². The zero-order valence-corrected chi connectivity index (χ0v) is 14.1. The predicted molar refractivity (Wildman–Crippen MR) is 96.7 cm³/mol. The van der Waals surface area contributed by atoms with Crippen LogP contribution in [0.3, 0.4) is 0 Å². The van der Waals surface area contributed by atoms with Gasteiger partial charge >= 0.3 is 0 Å². The lowest BCUT2D eigenvalue weighted by Gasteiger charge is -2.10. The van der Waals surface area contributed by atoms with Crippen molar-refractivity contribution in [2.45, 2.75) is 27.3 Å². The summed E-state index contributed by atoms with van der Waals surface area (Å²) < 4.78 is 3.83. The molecule has 4 rings (SSSR count). The van der Waals surface area contributed by atoms with Gasteiger partial charge in [0.2, 0.25) is 5.78 Å². The summed E-state index contributed by atoms with van der Waals surface area (Å²) in [5.41, 5.74) is 6.35. The van der Waals surface area contributed by atoms with Crippen LogP contribution in [0, 0.1) is 20.8 Å². The standard InChI is InChI=1S/C20H19N3O/c1-13-8-9-14(2)16(10-13)12-22-17-6-4-5-7-18(17)23-19(24)11-15(3)21-20(22)23/h4-11H,12H2,1-3H3. The van der Waals surface area contributed by atoms with E-state index in [1.54, 1.807) is 10.5 Å². The second-order valence-electron chi connectivity index (χ2n) is 6.38. The van der Waals surface area contributed by atoms with Crippen LogP contribution in [0.15, 0.2) is 53.3 Å². The molecule has 2 aromatic carbocycles. The lowest BCUT2D eigenvalue weighted by atomic mass is 10.1. The minimum absolute atomic E-state index is 0.0339. The number of aromatic nitrogens is 3. The van der Waals surface area contributed by atoms with Crippen LogP contribution >= 0.6 is 0 Å². The van der Waals surface area contributed by atoms with Crippen LogP contribution in [-0.4, -0.2) is 14.0 Å². The Balaban J connectivity index is 2.06. The third-order valence-corrected chi connectivity index (χ3v) is 4.52. The fourth-order valence-electron chi connectivity index (χ4n) is 3.28. The second-order valence-corrected chi connectivity index (χ2v) is 6.38. The molecule has 0 saturated heterocycles. The maximum Gasteiger partial charge on any atom is 0.259 e. The molecule has 0 saturated carbocycles. The van der Waals surface area contributed by atoms with Gasteiger partial charge in [-0.25, -0.2) is 9.38 Å². The molecule has 120 valence electrons. The average Bonchev–Trinajstić information content (AvgIpc) is 2.85. The van der Waals surface area contributed by atoms with Gasteiger partial charge in [-0.2, -0.15) is 0 Å². The highest BCUT2D eigenvalue weighted by Gasteiger charge is 2.14. The molecule has 0 atom stereocenters. The van der Waals surface area contributed by atoms with Gasteiger partial charge in [0.1, 0.15) is 0 Å². The first-order valence-electron chi connectivity index (χ1n) is 8.08. The van der Waals surface area contributed by atoms with E-state index in [9.17, 15) is 4.79 Å². The van der Waals surface area contributed by atoms with Gasteiger partial charge in [0.05, 0.1) is 17.6 Å². The van der Waals surface area contributed by atoms with Crippen LogP contribution in [-0.2, 0) is 6.54 Å². The Morgan fingerprint density at radius 2 is 1.71 bits per heavy atom. The summed E-state index contributed by atoms with van der Waals surface area (Å²) in [6.07, 6.45) is 0. The van der Waals surface area contributed by atoms with Crippen molar-refractivity contribution in [2.75, 3.05) is 0 Å². The molecule has 0 fully saturated rings. The number of hydrogen-bond donors (Lipinski definition) is 0. The normalized spacial score (nSPS) is 11.5. The van der Waals surface area contributed by atoms with Crippen molar-refractivity contribution in [1.29, 1.82) is 0 Å². The van der Waals surface area contributed by atoms with Crippen LogP contribution in [0.1, 0.15) is 22.4 Å². The summed E-state index contributed by atoms with van der Waals surface area (Å²) in [5.74, 6) is 0.696. The molecule has 4 aromatic rings. The maximum absolute atomic E-state index is 12.5. The number of rotatable bonds is 2. The number of nitrogens with zero attached hydrogens (tertiary/aromatic N) is 3. The Kier molecular flexibility index (Phi) is 3.27. The molecular formula is C20H19N3O. The van der Waals surface area contributed by atoms with E-state index in [1.165, 1.54) is 16.7 Å². The molecule has 0 unspecified atom stereocenters. The van der Waals surface area contributed by atoms with E-state index in [4.69, 9.17) is 0 Å². The van der Waals surface area contributed by atoms with Gasteiger partial charge < -0.3 is 4.57 Å². The Hall–Kier alpha value is -2.88. The lowest BCUT2D eigenvalue weighted by molar-refractivity contribution is 0.822. The van der Waals surface area contributed by atoms with Crippen molar-refractivity contribution in [3.8, 4) is 0 Å². The highest BCUT2D eigenvalue weighted by molar-refractivity contribution is 5.80. The number of para-hydroxylation sites is 2. The van der Waals surface area contributed by atoms with E-state index in [0.29, 0.717) is 12.3 Å². The summed E-state index contributed by atoms with van der Waals surface area (Å²) in [4.78, 5) is 17.2. The molecule has 0 radical (unpaired) electrons. The summed E-state index contributed by atoms with van der Waals surface area (Å²) >= 11 is 0. The van der Waals surface area contributed by atoms with Crippen LogP contribution in [0.5, 0.6) is 0 Å². The van der Waals surface area contributed by atoms with Gasteiger partial charge in [-0.05, 0) is 44.0 Å². The van der Waals surface area contributed by atoms with Gasteiger partial charge in [-0.1, -0.05) is 35.9 Å². The molecule has 0 amide bonds. The molecule has 2 heterocycles. The SMILES string of the molecule is Cc1ccc(C)c(Cn2c3ccccc3n3c(=O)cc(C)nc23)c1. The van der Waals surface area contributed by atoms with E-state index in [-0.39, 0.29) is 5.56 Å². The number of aryl methyl sites for hydroxylation is 3. The lowest BCUT2D eigenvalue weighted by Crippen LogP contribution is -2.15. The minimum atomic E-state index is -0.0339. The zero-order chi connectivity index (χ0) is 16.8.